The first kappa shape index (κ1) is 14.9. The zero-order valence-corrected chi connectivity index (χ0v) is 12.0. The standard InChI is InChI=1S/C11H12BrClN2O3/c1-2-9(13)6-14-11(16)7-3-8(12)5-10(4-7)15(17)18/h3-5,9H,2,6H2,1H3,(H,14,16). The zero-order chi connectivity index (χ0) is 13.7. The molecule has 0 aliphatic heterocycles. The van der Waals surface area contributed by atoms with E-state index in [1.54, 1.807) is 0 Å². The predicted octanol–water partition coefficient (Wildman–Crippen LogP) is 3.10. The largest absolute Gasteiger partial charge is 0.351 e. The molecule has 1 atom stereocenters. The number of hydrogen-bond donors (Lipinski definition) is 1. The second-order valence-corrected chi connectivity index (χ2v) is 5.20. The number of nitro benzene ring substituents is 1. The number of carbonyl (C=O) groups excluding carboxylic acids is 1. The lowest BCUT2D eigenvalue weighted by Gasteiger charge is -2.08. The molecule has 98 valence electrons. The number of nitro groups is 1. The highest BCUT2D eigenvalue weighted by atomic mass is 79.9. The maximum absolute atomic E-state index is 11.8. The molecule has 0 fully saturated rings. The van der Waals surface area contributed by atoms with E-state index in [2.05, 4.69) is 21.2 Å². The summed E-state index contributed by atoms with van der Waals surface area (Å²) in [6, 6.07) is 4.10. The van der Waals surface area contributed by atoms with Gasteiger partial charge in [-0.25, -0.2) is 0 Å². The van der Waals surface area contributed by atoms with Gasteiger partial charge in [-0.1, -0.05) is 22.9 Å². The summed E-state index contributed by atoms with van der Waals surface area (Å²) in [6.07, 6.45) is 0.737. The third-order valence-corrected chi connectivity index (χ3v) is 3.20. The summed E-state index contributed by atoms with van der Waals surface area (Å²) in [5.74, 6) is -0.376. The number of alkyl halides is 1. The van der Waals surface area contributed by atoms with Crippen LogP contribution in [-0.2, 0) is 0 Å². The average molecular weight is 336 g/mol. The molecular formula is C11H12BrClN2O3. The number of halogens is 2. The molecule has 7 heteroatoms. The minimum atomic E-state index is -0.544. The Morgan fingerprint density at radius 2 is 2.22 bits per heavy atom. The molecule has 0 aromatic heterocycles. The Morgan fingerprint density at radius 1 is 1.56 bits per heavy atom. The third kappa shape index (κ3) is 4.27. The van der Waals surface area contributed by atoms with Gasteiger partial charge in [0.2, 0.25) is 0 Å². The molecular weight excluding hydrogens is 323 g/mol. The number of amides is 1. The molecule has 1 rings (SSSR count). The van der Waals surface area contributed by atoms with E-state index >= 15 is 0 Å². The monoisotopic (exact) mass is 334 g/mol. The number of rotatable bonds is 5. The fraction of sp³-hybridized carbons (Fsp3) is 0.364. The van der Waals surface area contributed by atoms with Crippen LogP contribution in [0.1, 0.15) is 23.7 Å². The van der Waals surface area contributed by atoms with Crippen LogP contribution in [0.15, 0.2) is 22.7 Å². The summed E-state index contributed by atoms with van der Waals surface area (Å²) in [4.78, 5) is 21.9. The van der Waals surface area contributed by atoms with Gasteiger partial charge in [0.15, 0.2) is 0 Å². The summed E-state index contributed by atoms with van der Waals surface area (Å²) < 4.78 is 0.486. The molecule has 18 heavy (non-hydrogen) atoms. The molecule has 0 saturated carbocycles. The predicted molar refractivity (Wildman–Crippen MR) is 73.1 cm³/mol. The van der Waals surface area contributed by atoms with Gasteiger partial charge in [0.05, 0.1) is 10.3 Å². The van der Waals surface area contributed by atoms with Gasteiger partial charge in [-0.05, 0) is 12.5 Å². The van der Waals surface area contributed by atoms with Crippen molar-refractivity contribution in [2.24, 2.45) is 0 Å². The van der Waals surface area contributed by atoms with Crippen LogP contribution >= 0.6 is 27.5 Å². The lowest BCUT2D eigenvalue weighted by atomic mass is 10.2. The number of nitrogens with one attached hydrogen (secondary N) is 1. The van der Waals surface area contributed by atoms with Crippen molar-refractivity contribution < 1.29 is 9.72 Å². The fourth-order valence-electron chi connectivity index (χ4n) is 1.26. The third-order valence-electron chi connectivity index (χ3n) is 2.28. The normalized spacial score (nSPS) is 11.9. The smallest absolute Gasteiger partial charge is 0.271 e. The van der Waals surface area contributed by atoms with Crippen LogP contribution in [0.2, 0.25) is 0 Å². The van der Waals surface area contributed by atoms with E-state index in [0.29, 0.717) is 11.0 Å². The number of carbonyl (C=O) groups is 1. The molecule has 0 aliphatic rings. The molecule has 1 amide bonds. The van der Waals surface area contributed by atoms with Crippen molar-refractivity contribution in [2.45, 2.75) is 18.7 Å². The summed E-state index contributed by atoms with van der Waals surface area (Å²) >= 11 is 9.01. The maximum atomic E-state index is 11.8. The molecule has 1 unspecified atom stereocenters. The number of nitrogens with zero attached hydrogens (tertiary/aromatic N) is 1. The Balaban J connectivity index is 2.82. The molecule has 0 heterocycles. The van der Waals surface area contributed by atoms with Crippen LogP contribution < -0.4 is 5.32 Å². The lowest BCUT2D eigenvalue weighted by Crippen LogP contribution is -2.29. The van der Waals surface area contributed by atoms with Crippen molar-refractivity contribution in [1.82, 2.24) is 5.32 Å². The van der Waals surface area contributed by atoms with Gasteiger partial charge in [0.25, 0.3) is 11.6 Å². The Kier molecular flexibility index (Phi) is 5.55. The Labute approximate surface area is 118 Å². The molecule has 1 aromatic rings. The van der Waals surface area contributed by atoms with Crippen LogP contribution in [0.5, 0.6) is 0 Å². The van der Waals surface area contributed by atoms with Crippen molar-refractivity contribution in [3.8, 4) is 0 Å². The number of non-ortho nitro benzene ring substituents is 1. The minimum absolute atomic E-state index is 0.132. The van der Waals surface area contributed by atoms with Crippen LogP contribution in [0.4, 0.5) is 5.69 Å². The van der Waals surface area contributed by atoms with Gasteiger partial charge in [-0.3, -0.25) is 14.9 Å². The van der Waals surface area contributed by atoms with Gasteiger partial charge in [0, 0.05) is 28.7 Å². The molecule has 1 N–H and O–H groups in total. The van der Waals surface area contributed by atoms with Crippen molar-refractivity contribution >= 4 is 39.1 Å². The van der Waals surface area contributed by atoms with Gasteiger partial charge >= 0.3 is 0 Å². The highest BCUT2D eigenvalue weighted by molar-refractivity contribution is 9.10. The lowest BCUT2D eigenvalue weighted by molar-refractivity contribution is -0.385. The van der Waals surface area contributed by atoms with Gasteiger partial charge in [-0.15, -0.1) is 11.6 Å². The maximum Gasteiger partial charge on any atom is 0.271 e. The van der Waals surface area contributed by atoms with E-state index in [9.17, 15) is 14.9 Å². The topological polar surface area (TPSA) is 72.2 Å². The molecule has 0 bridgehead atoms. The van der Waals surface area contributed by atoms with Crippen molar-refractivity contribution in [3.05, 3.63) is 38.3 Å². The van der Waals surface area contributed by atoms with Crippen LogP contribution in [0, 0.1) is 10.1 Å². The van der Waals surface area contributed by atoms with Crippen molar-refractivity contribution in [3.63, 3.8) is 0 Å². The van der Waals surface area contributed by atoms with Crippen LogP contribution in [0.3, 0.4) is 0 Å². The second kappa shape index (κ2) is 6.70. The van der Waals surface area contributed by atoms with E-state index in [0.717, 1.165) is 6.42 Å². The number of benzene rings is 1. The Bertz CT molecular complexity index is 468. The first-order valence-corrected chi connectivity index (χ1v) is 6.54. The first-order chi connectivity index (χ1) is 8.43. The average Bonchev–Trinajstić information content (AvgIpc) is 2.34. The van der Waals surface area contributed by atoms with Crippen molar-refractivity contribution in [1.29, 1.82) is 0 Å². The minimum Gasteiger partial charge on any atom is -0.351 e. The van der Waals surface area contributed by atoms with Crippen LogP contribution in [-0.4, -0.2) is 22.8 Å². The second-order valence-electron chi connectivity index (χ2n) is 3.67. The molecule has 0 saturated heterocycles. The Hall–Kier alpha value is -1.14. The SMILES string of the molecule is CCC(Cl)CNC(=O)c1cc(Br)cc([N+](=O)[O-])c1. The van der Waals surface area contributed by atoms with Crippen molar-refractivity contribution in [2.75, 3.05) is 6.54 Å². The van der Waals surface area contributed by atoms with E-state index in [1.807, 2.05) is 6.92 Å². The molecule has 1 aromatic carbocycles. The molecule has 0 spiro atoms. The van der Waals surface area contributed by atoms with Crippen LogP contribution in [0.25, 0.3) is 0 Å². The highest BCUT2D eigenvalue weighted by Gasteiger charge is 2.14. The summed E-state index contributed by atoms with van der Waals surface area (Å²) in [5, 5.41) is 13.2. The first-order valence-electron chi connectivity index (χ1n) is 5.31. The molecule has 0 aliphatic carbocycles. The zero-order valence-electron chi connectivity index (χ0n) is 9.65. The summed E-state index contributed by atoms with van der Waals surface area (Å²) in [5.41, 5.74) is 0.100. The quantitative estimate of drug-likeness (QED) is 0.510. The van der Waals surface area contributed by atoms with E-state index < -0.39 is 4.92 Å². The van der Waals surface area contributed by atoms with E-state index in [4.69, 9.17) is 11.6 Å². The van der Waals surface area contributed by atoms with Gasteiger partial charge < -0.3 is 5.32 Å². The Morgan fingerprint density at radius 3 is 2.78 bits per heavy atom. The van der Waals surface area contributed by atoms with E-state index in [-0.39, 0.29) is 22.5 Å². The summed E-state index contributed by atoms with van der Waals surface area (Å²) in [6.45, 7) is 2.24. The highest BCUT2D eigenvalue weighted by Crippen LogP contribution is 2.21. The van der Waals surface area contributed by atoms with Gasteiger partial charge in [-0.2, -0.15) is 0 Å². The van der Waals surface area contributed by atoms with E-state index in [1.165, 1.54) is 18.2 Å². The number of hydrogen-bond acceptors (Lipinski definition) is 3. The molecule has 5 nitrogen and oxygen atoms in total. The summed E-state index contributed by atoms with van der Waals surface area (Å²) in [7, 11) is 0. The van der Waals surface area contributed by atoms with Gasteiger partial charge in [0.1, 0.15) is 0 Å². The fourth-order valence-corrected chi connectivity index (χ4v) is 1.82. The molecule has 0 radical (unpaired) electrons.